The number of hydrogen-bond acceptors (Lipinski definition) is 5. The Kier molecular flexibility index (Phi) is 4.31. The summed E-state index contributed by atoms with van der Waals surface area (Å²) in [5.41, 5.74) is 0.418. The highest BCUT2D eigenvalue weighted by molar-refractivity contribution is 5.92. The molecule has 0 radical (unpaired) electrons. The smallest absolute Gasteiger partial charge is 0.274 e. The molecule has 19 heavy (non-hydrogen) atoms. The maximum Gasteiger partial charge on any atom is 0.274 e. The van der Waals surface area contributed by atoms with Gasteiger partial charge in [-0.25, -0.2) is 9.97 Å². The molecule has 1 aromatic heterocycles. The van der Waals surface area contributed by atoms with E-state index < -0.39 is 0 Å². The standard InChI is InChI=1S/C13H21N5O/c1-4-14-12-8-15-11(7-16-12)13(19)18-6-5-10(9-18)17(2)3/h7-8,10H,4-6,9H2,1-3H3,(H,14,16). The summed E-state index contributed by atoms with van der Waals surface area (Å²) >= 11 is 0. The number of anilines is 1. The van der Waals surface area contributed by atoms with Gasteiger partial charge in [0.1, 0.15) is 11.5 Å². The number of likely N-dealkylation sites (N-methyl/N-ethyl adjacent to an activating group) is 1. The fraction of sp³-hybridized carbons (Fsp3) is 0.615. The van der Waals surface area contributed by atoms with E-state index in [-0.39, 0.29) is 5.91 Å². The molecule has 0 saturated carbocycles. The van der Waals surface area contributed by atoms with Crippen LogP contribution in [0.2, 0.25) is 0 Å². The first-order valence-electron chi connectivity index (χ1n) is 6.63. The van der Waals surface area contributed by atoms with Crippen molar-refractivity contribution in [2.75, 3.05) is 39.0 Å². The molecule has 1 atom stereocenters. The number of rotatable bonds is 4. The summed E-state index contributed by atoms with van der Waals surface area (Å²) in [6, 6.07) is 0.443. The van der Waals surface area contributed by atoms with Gasteiger partial charge in [-0.1, -0.05) is 0 Å². The highest BCUT2D eigenvalue weighted by Crippen LogP contribution is 2.15. The highest BCUT2D eigenvalue weighted by Gasteiger charge is 2.28. The molecular weight excluding hydrogens is 242 g/mol. The van der Waals surface area contributed by atoms with Crippen LogP contribution in [-0.4, -0.2) is 65.4 Å². The van der Waals surface area contributed by atoms with Gasteiger partial charge < -0.3 is 15.1 Å². The van der Waals surface area contributed by atoms with Crippen molar-refractivity contribution in [3.63, 3.8) is 0 Å². The molecule has 1 aromatic rings. The zero-order valence-electron chi connectivity index (χ0n) is 11.8. The third-order valence-electron chi connectivity index (χ3n) is 3.41. The number of carbonyl (C=O) groups excluding carboxylic acids is 1. The third-order valence-corrected chi connectivity index (χ3v) is 3.41. The Balaban J connectivity index is 2.00. The molecule has 0 aliphatic carbocycles. The van der Waals surface area contributed by atoms with Gasteiger partial charge in [0.05, 0.1) is 12.4 Å². The van der Waals surface area contributed by atoms with Gasteiger partial charge >= 0.3 is 0 Å². The van der Waals surface area contributed by atoms with E-state index in [4.69, 9.17) is 0 Å². The molecular formula is C13H21N5O. The topological polar surface area (TPSA) is 61.4 Å². The maximum absolute atomic E-state index is 12.3. The fourth-order valence-electron chi connectivity index (χ4n) is 2.22. The summed E-state index contributed by atoms with van der Waals surface area (Å²) in [4.78, 5) is 24.6. The largest absolute Gasteiger partial charge is 0.369 e. The lowest BCUT2D eigenvalue weighted by Crippen LogP contribution is -2.34. The van der Waals surface area contributed by atoms with Crippen LogP contribution in [0.3, 0.4) is 0 Å². The van der Waals surface area contributed by atoms with Crippen LogP contribution in [0.1, 0.15) is 23.8 Å². The Bertz CT molecular complexity index is 431. The van der Waals surface area contributed by atoms with Gasteiger partial charge in [-0.15, -0.1) is 0 Å². The van der Waals surface area contributed by atoms with Crippen LogP contribution in [0.5, 0.6) is 0 Å². The number of amides is 1. The Morgan fingerprint density at radius 1 is 1.47 bits per heavy atom. The Labute approximate surface area is 113 Å². The molecule has 0 aromatic carbocycles. The van der Waals surface area contributed by atoms with E-state index in [1.807, 2.05) is 25.9 Å². The van der Waals surface area contributed by atoms with Crippen molar-refractivity contribution in [3.8, 4) is 0 Å². The highest BCUT2D eigenvalue weighted by atomic mass is 16.2. The number of aromatic nitrogens is 2. The molecule has 1 amide bonds. The summed E-state index contributed by atoms with van der Waals surface area (Å²) in [5.74, 6) is 0.673. The second kappa shape index (κ2) is 5.97. The Hall–Kier alpha value is -1.69. The van der Waals surface area contributed by atoms with Crippen LogP contribution in [0, 0.1) is 0 Å². The molecule has 1 N–H and O–H groups in total. The van der Waals surface area contributed by atoms with Crippen LogP contribution in [0.25, 0.3) is 0 Å². The molecule has 0 bridgehead atoms. The Morgan fingerprint density at radius 2 is 2.26 bits per heavy atom. The quantitative estimate of drug-likeness (QED) is 0.866. The van der Waals surface area contributed by atoms with Gasteiger partial charge in [-0.05, 0) is 27.4 Å². The van der Waals surface area contributed by atoms with E-state index in [9.17, 15) is 4.79 Å². The number of nitrogens with one attached hydrogen (secondary N) is 1. The molecule has 6 heteroatoms. The van der Waals surface area contributed by atoms with Crippen LogP contribution in [0.4, 0.5) is 5.82 Å². The number of carbonyl (C=O) groups is 1. The zero-order valence-corrected chi connectivity index (χ0v) is 11.8. The fourth-order valence-corrected chi connectivity index (χ4v) is 2.22. The van der Waals surface area contributed by atoms with Gasteiger partial charge in [0, 0.05) is 25.7 Å². The van der Waals surface area contributed by atoms with Crippen LogP contribution in [-0.2, 0) is 0 Å². The van der Waals surface area contributed by atoms with E-state index in [1.54, 1.807) is 12.4 Å². The van der Waals surface area contributed by atoms with Crippen molar-refractivity contribution >= 4 is 11.7 Å². The normalized spacial score (nSPS) is 18.9. The maximum atomic E-state index is 12.3. The van der Waals surface area contributed by atoms with Crippen molar-refractivity contribution < 1.29 is 4.79 Å². The van der Waals surface area contributed by atoms with E-state index in [2.05, 4.69) is 20.2 Å². The van der Waals surface area contributed by atoms with Crippen LogP contribution < -0.4 is 5.32 Å². The summed E-state index contributed by atoms with van der Waals surface area (Å²) < 4.78 is 0. The number of nitrogens with zero attached hydrogens (tertiary/aromatic N) is 4. The molecule has 2 heterocycles. The number of likely N-dealkylation sites (tertiary alicyclic amines) is 1. The van der Waals surface area contributed by atoms with Crippen molar-refractivity contribution in [1.82, 2.24) is 19.8 Å². The predicted octanol–water partition coefficient (Wildman–Crippen LogP) is 0.684. The van der Waals surface area contributed by atoms with Crippen molar-refractivity contribution in [2.24, 2.45) is 0 Å². The Morgan fingerprint density at radius 3 is 2.79 bits per heavy atom. The lowest BCUT2D eigenvalue weighted by Gasteiger charge is -2.20. The first-order chi connectivity index (χ1) is 9.11. The average Bonchev–Trinajstić information content (AvgIpc) is 2.89. The van der Waals surface area contributed by atoms with E-state index in [1.165, 1.54) is 0 Å². The molecule has 1 fully saturated rings. The molecule has 6 nitrogen and oxygen atoms in total. The van der Waals surface area contributed by atoms with Crippen LogP contribution >= 0.6 is 0 Å². The molecule has 1 unspecified atom stereocenters. The summed E-state index contributed by atoms with van der Waals surface area (Å²) in [5, 5.41) is 3.06. The van der Waals surface area contributed by atoms with Gasteiger partial charge in [0.25, 0.3) is 5.91 Å². The van der Waals surface area contributed by atoms with Crippen molar-refractivity contribution in [1.29, 1.82) is 0 Å². The average molecular weight is 263 g/mol. The van der Waals surface area contributed by atoms with Gasteiger partial charge in [0.2, 0.25) is 0 Å². The minimum atomic E-state index is -0.0279. The molecule has 0 spiro atoms. The molecule has 104 valence electrons. The second-order valence-electron chi connectivity index (χ2n) is 4.97. The minimum Gasteiger partial charge on any atom is -0.369 e. The third kappa shape index (κ3) is 3.20. The van der Waals surface area contributed by atoms with Gasteiger partial charge in [0.15, 0.2) is 0 Å². The predicted molar refractivity (Wildman–Crippen MR) is 74.2 cm³/mol. The first kappa shape index (κ1) is 13.7. The van der Waals surface area contributed by atoms with Crippen molar-refractivity contribution in [3.05, 3.63) is 18.1 Å². The number of hydrogen-bond donors (Lipinski definition) is 1. The van der Waals surface area contributed by atoms with Crippen molar-refractivity contribution in [2.45, 2.75) is 19.4 Å². The molecule has 1 aliphatic heterocycles. The second-order valence-corrected chi connectivity index (χ2v) is 4.97. The summed E-state index contributed by atoms with van der Waals surface area (Å²) in [6.45, 7) is 4.34. The van der Waals surface area contributed by atoms with Crippen LogP contribution in [0.15, 0.2) is 12.4 Å². The van der Waals surface area contributed by atoms with Gasteiger partial charge in [-0.2, -0.15) is 0 Å². The SMILES string of the molecule is CCNc1cnc(C(=O)N2CCC(N(C)C)C2)cn1. The van der Waals surface area contributed by atoms with E-state index in [0.29, 0.717) is 17.6 Å². The summed E-state index contributed by atoms with van der Waals surface area (Å²) in [7, 11) is 4.09. The lowest BCUT2D eigenvalue weighted by atomic mass is 10.2. The zero-order chi connectivity index (χ0) is 13.8. The van der Waals surface area contributed by atoms with E-state index in [0.717, 1.165) is 26.1 Å². The monoisotopic (exact) mass is 263 g/mol. The summed E-state index contributed by atoms with van der Waals surface area (Å²) in [6.07, 6.45) is 4.17. The molecule has 2 rings (SSSR count). The van der Waals surface area contributed by atoms with E-state index >= 15 is 0 Å². The lowest BCUT2D eigenvalue weighted by molar-refractivity contribution is 0.0777. The van der Waals surface area contributed by atoms with Gasteiger partial charge in [-0.3, -0.25) is 4.79 Å². The first-order valence-corrected chi connectivity index (χ1v) is 6.63. The molecule has 1 aliphatic rings. The molecule has 1 saturated heterocycles. The minimum absolute atomic E-state index is 0.0279.